The number of amides is 1. The highest BCUT2D eigenvalue weighted by Crippen LogP contribution is 2.31. The van der Waals surface area contributed by atoms with Crippen molar-refractivity contribution in [3.8, 4) is 0 Å². The third-order valence-corrected chi connectivity index (χ3v) is 3.28. The van der Waals surface area contributed by atoms with Crippen molar-refractivity contribution in [3.05, 3.63) is 33.9 Å². The molecule has 0 aromatic heterocycles. The van der Waals surface area contributed by atoms with Gasteiger partial charge >= 0.3 is 0 Å². The van der Waals surface area contributed by atoms with Gasteiger partial charge in [-0.2, -0.15) is 0 Å². The zero-order chi connectivity index (χ0) is 14.9. The number of benzene rings is 1. The van der Waals surface area contributed by atoms with Crippen LogP contribution in [-0.4, -0.2) is 41.9 Å². The summed E-state index contributed by atoms with van der Waals surface area (Å²) in [5.41, 5.74) is -0.433. The molecule has 0 bridgehead atoms. The van der Waals surface area contributed by atoms with E-state index in [2.05, 4.69) is 0 Å². The summed E-state index contributed by atoms with van der Waals surface area (Å²) in [5, 5.41) is 10.9. The topological polar surface area (TPSA) is 66.7 Å². The molecule has 20 heavy (non-hydrogen) atoms. The van der Waals surface area contributed by atoms with Gasteiger partial charge in [0.1, 0.15) is 5.69 Å². The maximum absolute atomic E-state index is 13.3. The van der Waals surface area contributed by atoms with Crippen LogP contribution in [0, 0.1) is 21.7 Å². The van der Waals surface area contributed by atoms with Crippen LogP contribution in [0.3, 0.4) is 0 Å². The molecule has 0 spiro atoms. The quantitative estimate of drug-likeness (QED) is 0.610. The van der Waals surface area contributed by atoms with E-state index in [1.807, 2.05) is 0 Å². The molecule has 8 heteroatoms. The maximum Gasteiger partial charge on any atom is 0.295 e. The zero-order valence-corrected chi connectivity index (χ0v) is 10.8. The highest BCUT2D eigenvalue weighted by molar-refractivity contribution is 5.74. The van der Waals surface area contributed by atoms with E-state index in [4.69, 9.17) is 0 Å². The summed E-state index contributed by atoms with van der Waals surface area (Å²) in [6.45, 7) is 2.91. The van der Waals surface area contributed by atoms with Crippen LogP contribution in [0.15, 0.2) is 12.1 Å². The molecule has 1 aromatic rings. The van der Waals surface area contributed by atoms with Crippen molar-refractivity contribution in [2.24, 2.45) is 0 Å². The van der Waals surface area contributed by atoms with Gasteiger partial charge in [-0.15, -0.1) is 0 Å². The first kappa shape index (κ1) is 14.2. The average Bonchev–Trinajstić information content (AvgIpc) is 2.41. The predicted molar refractivity (Wildman–Crippen MR) is 67.5 cm³/mol. The van der Waals surface area contributed by atoms with Crippen LogP contribution in [0.25, 0.3) is 0 Å². The van der Waals surface area contributed by atoms with Crippen LogP contribution in [-0.2, 0) is 4.79 Å². The molecule has 0 aliphatic carbocycles. The molecular weight excluding hydrogens is 272 g/mol. The highest BCUT2D eigenvalue weighted by Gasteiger charge is 2.26. The first-order valence-electron chi connectivity index (χ1n) is 6.04. The third-order valence-electron chi connectivity index (χ3n) is 3.28. The van der Waals surface area contributed by atoms with Gasteiger partial charge in [-0.05, 0) is 0 Å². The molecule has 0 unspecified atom stereocenters. The molecule has 1 aliphatic rings. The number of halogens is 2. The Hall–Kier alpha value is -2.25. The number of rotatable bonds is 2. The Morgan fingerprint density at radius 1 is 1.20 bits per heavy atom. The minimum atomic E-state index is -1.25. The molecule has 1 aliphatic heterocycles. The molecule has 1 fully saturated rings. The van der Waals surface area contributed by atoms with Gasteiger partial charge in [-0.3, -0.25) is 14.9 Å². The fraction of sp³-hybridized carbons (Fsp3) is 0.417. The largest absolute Gasteiger partial charge is 0.362 e. The lowest BCUT2D eigenvalue weighted by atomic mass is 10.2. The Labute approximate surface area is 113 Å². The molecule has 6 nitrogen and oxygen atoms in total. The van der Waals surface area contributed by atoms with Crippen molar-refractivity contribution in [2.75, 3.05) is 31.1 Å². The van der Waals surface area contributed by atoms with Crippen LogP contribution in [0.1, 0.15) is 6.92 Å². The molecule has 1 saturated heterocycles. The summed E-state index contributed by atoms with van der Waals surface area (Å²) >= 11 is 0. The van der Waals surface area contributed by atoms with Crippen LogP contribution in [0.5, 0.6) is 0 Å². The monoisotopic (exact) mass is 285 g/mol. The van der Waals surface area contributed by atoms with Crippen LogP contribution < -0.4 is 4.90 Å². The number of carbonyl (C=O) groups is 1. The Morgan fingerprint density at radius 3 is 2.25 bits per heavy atom. The van der Waals surface area contributed by atoms with Crippen molar-refractivity contribution >= 4 is 17.3 Å². The molecule has 108 valence electrons. The van der Waals surface area contributed by atoms with Crippen molar-refractivity contribution in [1.82, 2.24) is 4.90 Å². The van der Waals surface area contributed by atoms with E-state index in [-0.39, 0.29) is 11.6 Å². The molecule has 1 heterocycles. The fourth-order valence-corrected chi connectivity index (χ4v) is 2.19. The van der Waals surface area contributed by atoms with Crippen molar-refractivity contribution < 1.29 is 18.5 Å². The number of carbonyl (C=O) groups excluding carboxylic acids is 1. The van der Waals surface area contributed by atoms with Gasteiger partial charge < -0.3 is 9.80 Å². The first-order chi connectivity index (χ1) is 9.40. The number of nitro groups is 1. The second-order valence-electron chi connectivity index (χ2n) is 4.51. The van der Waals surface area contributed by atoms with Gasteiger partial charge in [0, 0.05) is 39.2 Å². The van der Waals surface area contributed by atoms with Crippen molar-refractivity contribution in [2.45, 2.75) is 6.92 Å². The van der Waals surface area contributed by atoms with Crippen LogP contribution in [0.2, 0.25) is 0 Å². The third kappa shape index (κ3) is 2.68. The number of nitro benzene ring substituents is 1. The molecule has 0 N–H and O–H groups in total. The zero-order valence-electron chi connectivity index (χ0n) is 10.8. The Morgan fingerprint density at radius 2 is 1.75 bits per heavy atom. The molecular formula is C12H13F2N3O3. The van der Waals surface area contributed by atoms with Crippen LogP contribution >= 0.6 is 0 Å². The Bertz CT molecular complexity index is 557. The predicted octanol–water partition coefficient (Wildman–Crippen LogP) is 1.54. The summed E-state index contributed by atoms with van der Waals surface area (Å²) in [5.74, 6) is -2.45. The lowest BCUT2D eigenvalue weighted by Gasteiger charge is -2.35. The molecule has 0 atom stereocenters. The Balaban J connectivity index is 2.27. The SMILES string of the molecule is CC(=O)N1CCN(c2cc(F)c(F)cc2[N+](=O)[O-])CC1. The number of piperazine rings is 1. The summed E-state index contributed by atoms with van der Waals surface area (Å²) < 4.78 is 26.4. The van der Waals surface area contributed by atoms with Gasteiger partial charge in [0.25, 0.3) is 5.69 Å². The van der Waals surface area contributed by atoms with E-state index in [9.17, 15) is 23.7 Å². The fourth-order valence-electron chi connectivity index (χ4n) is 2.19. The number of nitrogens with zero attached hydrogens (tertiary/aromatic N) is 3. The van der Waals surface area contributed by atoms with E-state index in [0.717, 1.165) is 6.07 Å². The van der Waals surface area contributed by atoms with E-state index in [0.29, 0.717) is 32.2 Å². The molecule has 1 amide bonds. The van der Waals surface area contributed by atoms with E-state index < -0.39 is 22.2 Å². The van der Waals surface area contributed by atoms with E-state index in [1.54, 1.807) is 9.80 Å². The number of anilines is 1. The van der Waals surface area contributed by atoms with E-state index >= 15 is 0 Å². The summed E-state index contributed by atoms with van der Waals surface area (Å²) in [4.78, 5) is 24.6. The van der Waals surface area contributed by atoms with Gasteiger partial charge in [0.05, 0.1) is 11.0 Å². The first-order valence-corrected chi connectivity index (χ1v) is 6.04. The van der Waals surface area contributed by atoms with Gasteiger partial charge in [-0.1, -0.05) is 0 Å². The molecule has 1 aromatic carbocycles. The smallest absolute Gasteiger partial charge is 0.295 e. The number of hydrogen-bond acceptors (Lipinski definition) is 4. The molecule has 0 radical (unpaired) electrons. The second-order valence-corrected chi connectivity index (χ2v) is 4.51. The van der Waals surface area contributed by atoms with Crippen molar-refractivity contribution in [3.63, 3.8) is 0 Å². The maximum atomic E-state index is 13.3. The summed E-state index contributed by atoms with van der Waals surface area (Å²) in [6, 6.07) is 1.42. The van der Waals surface area contributed by atoms with Gasteiger partial charge in [0.15, 0.2) is 11.6 Å². The van der Waals surface area contributed by atoms with Gasteiger partial charge in [0.2, 0.25) is 5.91 Å². The molecule has 0 saturated carbocycles. The minimum Gasteiger partial charge on any atom is -0.362 e. The lowest BCUT2D eigenvalue weighted by molar-refractivity contribution is -0.384. The number of hydrogen-bond donors (Lipinski definition) is 0. The Kier molecular flexibility index (Phi) is 3.82. The van der Waals surface area contributed by atoms with Gasteiger partial charge in [-0.25, -0.2) is 8.78 Å². The van der Waals surface area contributed by atoms with Crippen LogP contribution in [0.4, 0.5) is 20.2 Å². The second kappa shape index (κ2) is 5.40. The standard InChI is InChI=1S/C12H13F2N3O3/c1-8(18)15-2-4-16(5-3-15)11-6-9(13)10(14)7-12(11)17(19)20/h6-7H,2-5H2,1H3. The summed E-state index contributed by atoms with van der Waals surface area (Å²) in [7, 11) is 0. The highest BCUT2D eigenvalue weighted by atomic mass is 19.2. The average molecular weight is 285 g/mol. The molecule has 2 rings (SSSR count). The normalized spacial score (nSPS) is 15.3. The van der Waals surface area contributed by atoms with Crippen molar-refractivity contribution in [1.29, 1.82) is 0 Å². The lowest BCUT2D eigenvalue weighted by Crippen LogP contribution is -2.48. The minimum absolute atomic E-state index is 0.0390. The van der Waals surface area contributed by atoms with E-state index in [1.165, 1.54) is 6.92 Å². The summed E-state index contributed by atoms with van der Waals surface area (Å²) in [6.07, 6.45) is 0.